The standard InChI is InChI=1S/C20H22N4O2/c1-16(20(25)21-13-12-17-8-4-2-5-9-17)24-14-18(22-23-24)15-26-19-10-6-3-7-11-19/h2-11,14,16H,12-13,15H2,1H3,(H,21,25)/t16-/m1/s1. The quantitative estimate of drug-likeness (QED) is 0.678. The van der Waals surface area contributed by atoms with Gasteiger partial charge in [0.05, 0.1) is 6.20 Å². The van der Waals surface area contributed by atoms with E-state index in [9.17, 15) is 4.79 Å². The van der Waals surface area contributed by atoms with E-state index in [1.165, 1.54) is 5.56 Å². The molecule has 0 fully saturated rings. The van der Waals surface area contributed by atoms with Crippen molar-refractivity contribution in [2.24, 2.45) is 0 Å². The van der Waals surface area contributed by atoms with Crippen LogP contribution in [0.5, 0.6) is 5.75 Å². The molecule has 1 atom stereocenters. The van der Waals surface area contributed by atoms with E-state index in [-0.39, 0.29) is 5.91 Å². The van der Waals surface area contributed by atoms with E-state index in [2.05, 4.69) is 15.6 Å². The van der Waals surface area contributed by atoms with Gasteiger partial charge in [-0.25, -0.2) is 4.68 Å². The van der Waals surface area contributed by atoms with Crippen molar-refractivity contribution in [1.82, 2.24) is 20.3 Å². The van der Waals surface area contributed by atoms with Crippen LogP contribution in [0.3, 0.4) is 0 Å². The molecule has 0 spiro atoms. The second kappa shape index (κ2) is 8.80. The maximum Gasteiger partial charge on any atom is 0.244 e. The highest BCUT2D eigenvalue weighted by Crippen LogP contribution is 2.11. The fourth-order valence-electron chi connectivity index (χ4n) is 2.49. The Bertz CT molecular complexity index is 818. The molecule has 0 bridgehead atoms. The third kappa shape index (κ3) is 4.92. The number of hydrogen-bond donors (Lipinski definition) is 1. The Labute approximate surface area is 152 Å². The molecule has 1 N–H and O–H groups in total. The molecule has 0 saturated heterocycles. The van der Waals surface area contributed by atoms with Crippen molar-refractivity contribution in [3.8, 4) is 5.75 Å². The van der Waals surface area contributed by atoms with Crippen molar-refractivity contribution in [1.29, 1.82) is 0 Å². The van der Waals surface area contributed by atoms with E-state index in [0.717, 1.165) is 12.2 Å². The Morgan fingerprint density at radius 2 is 1.81 bits per heavy atom. The van der Waals surface area contributed by atoms with Gasteiger partial charge in [0.25, 0.3) is 0 Å². The van der Waals surface area contributed by atoms with Crippen LogP contribution in [0.25, 0.3) is 0 Å². The van der Waals surface area contributed by atoms with Crippen LogP contribution in [0.1, 0.15) is 24.2 Å². The number of carbonyl (C=O) groups is 1. The van der Waals surface area contributed by atoms with Crippen molar-refractivity contribution in [2.45, 2.75) is 26.0 Å². The summed E-state index contributed by atoms with van der Waals surface area (Å²) in [6, 6.07) is 19.2. The number of rotatable bonds is 8. The fraction of sp³-hybridized carbons (Fsp3) is 0.250. The minimum Gasteiger partial charge on any atom is -0.487 e. The predicted octanol–water partition coefficient (Wildman–Crippen LogP) is 2.78. The number of benzene rings is 2. The molecule has 26 heavy (non-hydrogen) atoms. The molecule has 6 heteroatoms. The zero-order valence-electron chi connectivity index (χ0n) is 14.7. The maximum atomic E-state index is 12.3. The van der Waals surface area contributed by atoms with Gasteiger partial charge in [-0.3, -0.25) is 4.79 Å². The lowest BCUT2D eigenvalue weighted by Gasteiger charge is -2.12. The lowest BCUT2D eigenvalue weighted by Crippen LogP contribution is -2.32. The maximum absolute atomic E-state index is 12.3. The van der Waals surface area contributed by atoms with E-state index in [0.29, 0.717) is 18.8 Å². The van der Waals surface area contributed by atoms with Crippen LogP contribution < -0.4 is 10.1 Å². The summed E-state index contributed by atoms with van der Waals surface area (Å²) in [5, 5.41) is 11.0. The SMILES string of the molecule is C[C@H](C(=O)NCCc1ccccc1)n1cc(COc2ccccc2)nn1. The van der Waals surface area contributed by atoms with Crippen LogP contribution in [0, 0.1) is 0 Å². The predicted molar refractivity (Wildman–Crippen MR) is 98.7 cm³/mol. The Morgan fingerprint density at radius 1 is 1.12 bits per heavy atom. The molecule has 0 unspecified atom stereocenters. The number of nitrogens with zero attached hydrogens (tertiary/aromatic N) is 3. The molecule has 0 aliphatic heterocycles. The number of amides is 1. The third-order valence-electron chi connectivity index (χ3n) is 4.02. The van der Waals surface area contributed by atoms with Gasteiger partial charge in [-0.2, -0.15) is 0 Å². The molecule has 1 heterocycles. The first kappa shape index (κ1) is 17.7. The molecule has 0 saturated carbocycles. The number of para-hydroxylation sites is 1. The van der Waals surface area contributed by atoms with Crippen molar-refractivity contribution >= 4 is 5.91 Å². The van der Waals surface area contributed by atoms with Gasteiger partial charge in [-0.15, -0.1) is 5.10 Å². The molecule has 2 aromatic carbocycles. The van der Waals surface area contributed by atoms with Crippen molar-refractivity contribution in [3.05, 3.63) is 78.1 Å². The first-order chi connectivity index (χ1) is 12.7. The highest BCUT2D eigenvalue weighted by atomic mass is 16.5. The van der Waals surface area contributed by atoms with Crippen molar-refractivity contribution in [3.63, 3.8) is 0 Å². The van der Waals surface area contributed by atoms with Crippen LogP contribution in [-0.2, 0) is 17.8 Å². The molecular formula is C20H22N4O2. The van der Waals surface area contributed by atoms with Crippen molar-refractivity contribution in [2.75, 3.05) is 6.54 Å². The average Bonchev–Trinajstić information content (AvgIpc) is 3.16. The molecule has 0 aliphatic carbocycles. The molecule has 3 aromatic rings. The second-order valence-electron chi connectivity index (χ2n) is 5.99. The Balaban J connectivity index is 1.47. The van der Waals surface area contributed by atoms with Gasteiger partial charge < -0.3 is 10.1 Å². The van der Waals surface area contributed by atoms with E-state index in [1.807, 2.05) is 60.7 Å². The van der Waals surface area contributed by atoms with E-state index in [1.54, 1.807) is 17.8 Å². The molecule has 1 amide bonds. The van der Waals surface area contributed by atoms with Crippen LogP contribution in [-0.4, -0.2) is 27.4 Å². The van der Waals surface area contributed by atoms with Crippen LogP contribution in [0.2, 0.25) is 0 Å². The Kier molecular flexibility index (Phi) is 5.98. The second-order valence-corrected chi connectivity index (χ2v) is 5.99. The highest BCUT2D eigenvalue weighted by molar-refractivity contribution is 5.79. The number of ether oxygens (including phenoxy) is 1. The van der Waals surface area contributed by atoms with E-state index >= 15 is 0 Å². The number of aromatic nitrogens is 3. The van der Waals surface area contributed by atoms with Gasteiger partial charge in [0, 0.05) is 6.54 Å². The first-order valence-corrected chi connectivity index (χ1v) is 8.62. The summed E-state index contributed by atoms with van der Waals surface area (Å²) >= 11 is 0. The zero-order valence-corrected chi connectivity index (χ0v) is 14.7. The Hall–Kier alpha value is -3.15. The number of hydrogen-bond acceptors (Lipinski definition) is 4. The number of nitrogens with one attached hydrogen (secondary N) is 1. The molecular weight excluding hydrogens is 328 g/mol. The highest BCUT2D eigenvalue weighted by Gasteiger charge is 2.16. The first-order valence-electron chi connectivity index (χ1n) is 8.62. The zero-order chi connectivity index (χ0) is 18.2. The third-order valence-corrected chi connectivity index (χ3v) is 4.02. The largest absolute Gasteiger partial charge is 0.487 e. The summed E-state index contributed by atoms with van der Waals surface area (Å²) < 4.78 is 7.20. The van der Waals surface area contributed by atoms with Gasteiger partial charge in [-0.05, 0) is 31.0 Å². The summed E-state index contributed by atoms with van der Waals surface area (Å²) in [5.74, 6) is 0.690. The normalized spacial score (nSPS) is 11.7. The lowest BCUT2D eigenvalue weighted by molar-refractivity contribution is -0.124. The van der Waals surface area contributed by atoms with Gasteiger partial charge in [0.1, 0.15) is 24.1 Å². The molecule has 6 nitrogen and oxygen atoms in total. The Morgan fingerprint density at radius 3 is 2.54 bits per heavy atom. The monoisotopic (exact) mass is 350 g/mol. The summed E-state index contributed by atoms with van der Waals surface area (Å²) in [4.78, 5) is 12.3. The van der Waals surface area contributed by atoms with Gasteiger partial charge >= 0.3 is 0 Å². The molecule has 1 aromatic heterocycles. The average molecular weight is 350 g/mol. The van der Waals surface area contributed by atoms with Crippen molar-refractivity contribution < 1.29 is 9.53 Å². The van der Waals surface area contributed by atoms with Crippen LogP contribution in [0.4, 0.5) is 0 Å². The fourth-order valence-corrected chi connectivity index (χ4v) is 2.49. The van der Waals surface area contributed by atoms with Crippen LogP contribution >= 0.6 is 0 Å². The smallest absolute Gasteiger partial charge is 0.244 e. The van der Waals surface area contributed by atoms with E-state index in [4.69, 9.17) is 4.74 Å². The topological polar surface area (TPSA) is 69.0 Å². The van der Waals surface area contributed by atoms with E-state index < -0.39 is 6.04 Å². The summed E-state index contributed by atoms with van der Waals surface area (Å²) in [5.41, 5.74) is 1.87. The lowest BCUT2D eigenvalue weighted by atomic mass is 10.1. The summed E-state index contributed by atoms with van der Waals surface area (Å²) in [6.45, 7) is 2.70. The number of carbonyl (C=O) groups excluding carboxylic acids is 1. The van der Waals surface area contributed by atoms with Gasteiger partial charge in [-0.1, -0.05) is 53.7 Å². The minimum absolute atomic E-state index is 0.0821. The molecule has 134 valence electrons. The van der Waals surface area contributed by atoms with Gasteiger partial charge in [0.2, 0.25) is 5.91 Å². The van der Waals surface area contributed by atoms with Crippen LogP contribution in [0.15, 0.2) is 66.9 Å². The summed E-state index contributed by atoms with van der Waals surface area (Å²) in [6.07, 6.45) is 2.54. The molecule has 0 aliphatic rings. The molecule has 3 rings (SSSR count). The minimum atomic E-state index is -0.427. The van der Waals surface area contributed by atoms with Gasteiger partial charge in [0.15, 0.2) is 0 Å². The summed E-state index contributed by atoms with van der Waals surface area (Å²) in [7, 11) is 0. The molecule has 0 radical (unpaired) electrons.